The van der Waals surface area contributed by atoms with Crippen LogP contribution in [0, 0.1) is 0 Å². The Labute approximate surface area is 134 Å². The Morgan fingerprint density at radius 2 is 2.26 bits per heavy atom. The van der Waals surface area contributed by atoms with E-state index in [1.165, 1.54) is 0 Å². The van der Waals surface area contributed by atoms with Crippen molar-refractivity contribution in [1.29, 1.82) is 0 Å². The van der Waals surface area contributed by atoms with Gasteiger partial charge in [-0.3, -0.25) is 10.00 Å². The molecule has 3 heterocycles. The molecule has 0 aromatic carbocycles. The Hall–Kier alpha value is -2.57. The second-order valence-corrected chi connectivity index (χ2v) is 6.52. The number of carbonyl (C=O) groups is 1. The van der Waals surface area contributed by atoms with Crippen molar-refractivity contribution in [3.63, 3.8) is 0 Å². The summed E-state index contributed by atoms with van der Waals surface area (Å²) in [4.78, 5) is 16.2. The van der Waals surface area contributed by atoms with E-state index in [9.17, 15) is 4.79 Å². The van der Waals surface area contributed by atoms with Gasteiger partial charge in [0.25, 0.3) is 0 Å². The van der Waals surface area contributed by atoms with E-state index in [4.69, 9.17) is 9.47 Å². The molecule has 0 aliphatic carbocycles. The third-order valence-corrected chi connectivity index (χ3v) is 3.32. The van der Waals surface area contributed by atoms with Gasteiger partial charge in [-0.15, -0.1) is 0 Å². The highest BCUT2D eigenvalue weighted by molar-refractivity contribution is 5.86. The lowest BCUT2D eigenvalue weighted by molar-refractivity contribution is 0.0636. The second-order valence-electron chi connectivity index (χ2n) is 6.52. The lowest BCUT2D eigenvalue weighted by Gasteiger charge is -2.19. The molecule has 0 radical (unpaired) electrons. The van der Waals surface area contributed by atoms with E-state index in [0.717, 1.165) is 11.3 Å². The van der Waals surface area contributed by atoms with Gasteiger partial charge in [0.15, 0.2) is 0 Å². The number of amides is 1. The molecule has 7 heteroatoms. The molecule has 1 N–H and O–H groups in total. The normalized spacial score (nSPS) is 16.6. The molecule has 1 aliphatic heterocycles. The number of aromatic nitrogens is 3. The van der Waals surface area contributed by atoms with E-state index >= 15 is 0 Å². The fourth-order valence-corrected chi connectivity index (χ4v) is 2.39. The molecule has 2 aromatic rings. The van der Waals surface area contributed by atoms with Crippen LogP contribution in [0.4, 0.5) is 10.5 Å². The van der Waals surface area contributed by atoms with Crippen LogP contribution in [0.15, 0.2) is 24.5 Å². The predicted octanol–water partition coefficient (Wildman–Crippen LogP) is 3.25. The topological polar surface area (TPSA) is 78.3 Å². The fraction of sp³-hybridized carbons (Fsp3) is 0.438. The van der Waals surface area contributed by atoms with Crippen LogP contribution in [0.1, 0.15) is 33.7 Å². The summed E-state index contributed by atoms with van der Waals surface area (Å²) in [7, 11) is 0. The van der Waals surface area contributed by atoms with Gasteiger partial charge in [0.05, 0.1) is 29.2 Å². The largest absolute Gasteiger partial charge is 0.475 e. The Morgan fingerprint density at radius 1 is 1.48 bits per heavy atom. The van der Waals surface area contributed by atoms with Gasteiger partial charge in [-0.25, -0.2) is 9.78 Å². The summed E-state index contributed by atoms with van der Waals surface area (Å²) in [6.45, 7) is 7.97. The zero-order valence-corrected chi connectivity index (χ0v) is 13.7. The van der Waals surface area contributed by atoms with E-state index < -0.39 is 11.7 Å². The van der Waals surface area contributed by atoms with Gasteiger partial charge in [-0.1, -0.05) is 0 Å². The van der Waals surface area contributed by atoms with Gasteiger partial charge < -0.3 is 9.47 Å². The lowest BCUT2D eigenvalue weighted by Crippen LogP contribution is -2.27. The van der Waals surface area contributed by atoms with Crippen LogP contribution < -0.4 is 10.1 Å². The number of rotatable bonds is 1. The number of carbonyl (C=O) groups excluding carboxylic acids is 1. The smallest absolute Gasteiger partial charge is 0.412 e. The van der Waals surface area contributed by atoms with Crippen molar-refractivity contribution in [3.8, 4) is 17.1 Å². The van der Waals surface area contributed by atoms with E-state index in [2.05, 4.69) is 15.4 Å². The summed E-state index contributed by atoms with van der Waals surface area (Å²) in [6.07, 6.45) is 2.78. The first-order valence-corrected chi connectivity index (χ1v) is 7.50. The van der Waals surface area contributed by atoms with Crippen LogP contribution >= 0.6 is 0 Å². The molecule has 1 atom stereocenters. The van der Waals surface area contributed by atoms with Crippen LogP contribution in [0.3, 0.4) is 0 Å². The first-order valence-electron chi connectivity index (χ1n) is 7.50. The average Bonchev–Trinajstić information content (AvgIpc) is 2.88. The van der Waals surface area contributed by atoms with E-state index in [-0.39, 0.29) is 6.04 Å². The summed E-state index contributed by atoms with van der Waals surface area (Å²) < 4.78 is 12.9. The van der Waals surface area contributed by atoms with Gasteiger partial charge in [0.1, 0.15) is 12.2 Å². The summed E-state index contributed by atoms with van der Waals surface area (Å²) in [5.74, 6) is 0.533. The highest BCUT2D eigenvalue weighted by atomic mass is 16.6. The number of pyridine rings is 1. The number of ether oxygens (including phenoxy) is 2. The maximum absolute atomic E-state index is 11.9. The maximum Gasteiger partial charge on any atom is 0.412 e. The molecule has 1 amide bonds. The van der Waals surface area contributed by atoms with Crippen molar-refractivity contribution in [3.05, 3.63) is 24.5 Å². The lowest BCUT2D eigenvalue weighted by atomic mass is 10.2. The maximum atomic E-state index is 11.9. The summed E-state index contributed by atoms with van der Waals surface area (Å²) >= 11 is 0. The van der Waals surface area contributed by atoms with E-state index in [1.54, 1.807) is 12.4 Å². The second kappa shape index (κ2) is 5.57. The zero-order valence-electron chi connectivity index (χ0n) is 13.7. The molecule has 7 nitrogen and oxygen atoms in total. The minimum atomic E-state index is -0.555. The Morgan fingerprint density at radius 3 is 3.00 bits per heavy atom. The first kappa shape index (κ1) is 15.3. The van der Waals surface area contributed by atoms with Crippen molar-refractivity contribution in [2.45, 2.75) is 39.3 Å². The van der Waals surface area contributed by atoms with E-state index in [0.29, 0.717) is 18.2 Å². The van der Waals surface area contributed by atoms with Gasteiger partial charge >= 0.3 is 6.09 Å². The van der Waals surface area contributed by atoms with Gasteiger partial charge in [-0.05, 0) is 39.8 Å². The molecular weight excluding hydrogens is 296 g/mol. The quantitative estimate of drug-likeness (QED) is 0.873. The highest BCUT2D eigenvalue weighted by Gasteiger charge is 2.23. The molecule has 0 bridgehead atoms. The number of fused-ring (bicyclic) bond motifs is 3. The molecule has 0 fully saturated rings. The van der Waals surface area contributed by atoms with Crippen molar-refractivity contribution in [1.82, 2.24) is 14.8 Å². The number of hydrogen-bond donors (Lipinski definition) is 1. The highest BCUT2D eigenvalue weighted by Crippen LogP contribution is 2.34. The van der Waals surface area contributed by atoms with Crippen LogP contribution in [0.5, 0.6) is 5.88 Å². The van der Waals surface area contributed by atoms with Crippen molar-refractivity contribution in [2.24, 2.45) is 0 Å². The van der Waals surface area contributed by atoms with Crippen molar-refractivity contribution < 1.29 is 14.3 Å². The predicted molar refractivity (Wildman–Crippen MR) is 85.5 cm³/mol. The molecule has 1 aliphatic rings. The molecule has 2 aromatic heterocycles. The summed E-state index contributed by atoms with van der Waals surface area (Å²) in [5, 5.41) is 7.03. The van der Waals surface area contributed by atoms with Crippen LogP contribution in [0.25, 0.3) is 11.3 Å². The fourth-order valence-electron chi connectivity index (χ4n) is 2.39. The third-order valence-electron chi connectivity index (χ3n) is 3.32. The average molecular weight is 316 g/mol. The first-order chi connectivity index (χ1) is 10.8. The molecule has 0 spiro atoms. The Kier molecular flexibility index (Phi) is 3.71. The van der Waals surface area contributed by atoms with Crippen molar-refractivity contribution in [2.75, 3.05) is 11.9 Å². The molecule has 122 valence electrons. The molecular formula is C16H20N4O3. The van der Waals surface area contributed by atoms with Crippen LogP contribution in [-0.4, -0.2) is 33.1 Å². The minimum Gasteiger partial charge on any atom is -0.475 e. The van der Waals surface area contributed by atoms with Crippen LogP contribution in [-0.2, 0) is 4.74 Å². The molecule has 0 unspecified atom stereocenters. The molecule has 3 rings (SSSR count). The number of anilines is 1. The monoisotopic (exact) mass is 316 g/mol. The third kappa shape index (κ3) is 3.28. The van der Waals surface area contributed by atoms with Gasteiger partial charge in [0, 0.05) is 6.20 Å². The zero-order chi connectivity index (χ0) is 16.6. The Bertz CT molecular complexity index is 733. The van der Waals surface area contributed by atoms with Gasteiger partial charge in [-0.2, -0.15) is 5.10 Å². The van der Waals surface area contributed by atoms with Crippen LogP contribution in [0.2, 0.25) is 0 Å². The van der Waals surface area contributed by atoms with Gasteiger partial charge in [0.2, 0.25) is 5.88 Å². The van der Waals surface area contributed by atoms with E-state index in [1.807, 2.05) is 44.5 Å². The standard InChI is InChI=1S/C16H20N4O3/c1-10-9-22-14-12(13-5-6-18-20(10)13)7-11(8-17-14)19-15(21)23-16(2,3)4/h5-8,10H,9H2,1-4H3,(H,19,21)/t10-/m1/s1. The molecule has 0 saturated carbocycles. The molecule has 0 saturated heterocycles. The number of nitrogens with zero attached hydrogens (tertiary/aromatic N) is 3. The summed E-state index contributed by atoms with van der Waals surface area (Å²) in [5.41, 5.74) is 1.69. The number of hydrogen-bond acceptors (Lipinski definition) is 5. The van der Waals surface area contributed by atoms with Crippen molar-refractivity contribution >= 4 is 11.8 Å². The molecule has 23 heavy (non-hydrogen) atoms. The Balaban J connectivity index is 1.90. The summed E-state index contributed by atoms with van der Waals surface area (Å²) in [6, 6.07) is 3.83. The SMILES string of the molecule is C[C@@H]1COc2ncc(NC(=O)OC(C)(C)C)cc2-c2ccnn21. The minimum absolute atomic E-state index is 0.108. The number of nitrogens with one attached hydrogen (secondary N) is 1.